The molecule has 0 fully saturated rings. The van der Waals surface area contributed by atoms with Crippen LogP contribution >= 0.6 is 11.6 Å². The first-order chi connectivity index (χ1) is 9.84. The summed E-state index contributed by atoms with van der Waals surface area (Å²) in [6, 6.07) is 1.97. The summed E-state index contributed by atoms with van der Waals surface area (Å²) in [7, 11) is 0. The minimum absolute atomic E-state index is 0.233. The molecule has 0 saturated carbocycles. The SMILES string of the molecule is O=C(O)C(Cc1ccc(C(F)(F)F)c(Cl)c1)C(=O)C(F)(F)F. The Hall–Kier alpha value is -1.77. The molecular weight excluding hydrogens is 342 g/mol. The summed E-state index contributed by atoms with van der Waals surface area (Å²) in [5.41, 5.74) is -1.45. The highest BCUT2D eigenvalue weighted by Crippen LogP contribution is 2.35. The van der Waals surface area contributed by atoms with Crippen molar-refractivity contribution in [2.24, 2.45) is 5.92 Å². The average molecular weight is 349 g/mol. The van der Waals surface area contributed by atoms with Crippen LogP contribution < -0.4 is 0 Å². The molecule has 1 atom stereocenters. The summed E-state index contributed by atoms with van der Waals surface area (Å²) in [5, 5.41) is 7.89. The minimum atomic E-state index is -5.36. The Balaban J connectivity index is 3.09. The van der Waals surface area contributed by atoms with Crippen LogP contribution in [0.25, 0.3) is 0 Å². The number of rotatable bonds is 4. The van der Waals surface area contributed by atoms with Crippen LogP contribution in [-0.2, 0) is 22.2 Å². The van der Waals surface area contributed by atoms with Crippen molar-refractivity contribution in [1.82, 2.24) is 0 Å². The molecule has 10 heteroatoms. The van der Waals surface area contributed by atoms with Gasteiger partial charge in [0.15, 0.2) is 0 Å². The summed E-state index contributed by atoms with van der Waals surface area (Å²) in [6.45, 7) is 0. The molecule has 1 aromatic rings. The lowest BCUT2D eigenvalue weighted by Crippen LogP contribution is -2.36. The molecular formula is C12H7ClF6O3. The lowest BCUT2D eigenvalue weighted by Gasteiger charge is -2.15. The summed E-state index contributed by atoms with van der Waals surface area (Å²) < 4.78 is 74.2. The smallest absolute Gasteiger partial charge is 0.450 e. The number of hydrogen-bond acceptors (Lipinski definition) is 2. The van der Waals surface area contributed by atoms with E-state index in [4.69, 9.17) is 16.7 Å². The normalized spacial score (nSPS) is 13.8. The molecule has 122 valence electrons. The summed E-state index contributed by atoms with van der Waals surface area (Å²) >= 11 is 5.37. The number of carbonyl (C=O) groups is 2. The number of hydrogen-bond donors (Lipinski definition) is 1. The molecule has 1 unspecified atom stereocenters. The van der Waals surface area contributed by atoms with E-state index in [0.29, 0.717) is 12.1 Å². The van der Waals surface area contributed by atoms with E-state index in [9.17, 15) is 35.9 Å². The van der Waals surface area contributed by atoms with Gasteiger partial charge in [0.2, 0.25) is 0 Å². The zero-order valence-electron chi connectivity index (χ0n) is 10.4. The molecule has 3 nitrogen and oxygen atoms in total. The van der Waals surface area contributed by atoms with Crippen molar-refractivity contribution < 1.29 is 41.0 Å². The van der Waals surface area contributed by atoms with Crippen molar-refractivity contribution in [1.29, 1.82) is 0 Å². The Morgan fingerprint density at radius 1 is 1.14 bits per heavy atom. The predicted octanol–water partition coefficient (Wildman–Crippen LogP) is 3.73. The molecule has 0 radical (unpaired) electrons. The number of carboxylic acids is 1. The molecule has 22 heavy (non-hydrogen) atoms. The number of aliphatic carboxylic acids is 1. The molecule has 1 aromatic carbocycles. The zero-order chi connectivity index (χ0) is 17.3. The van der Waals surface area contributed by atoms with Crippen LogP contribution in [0.15, 0.2) is 18.2 Å². The second kappa shape index (κ2) is 6.15. The van der Waals surface area contributed by atoms with Gasteiger partial charge in [-0.05, 0) is 24.1 Å². The van der Waals surface area contributed by atoms with Gasteiger partial charge in [-0.3, -0.25) is 9.59 Å². The van der Waals surface area contributed by atoms with Gasteiger partial charge in [0.1, 0.15) is 5.92 Å². The first-order valence-corrected chi connectivity index (χ1v) is 5.91. The summed E-state index contributed by atoms with van der Waals surface area (Å²) in [4.78, 5) is 21.8. The first-order valence-electron chi connectivity index (χ1n) is 5.53. The largest absolute Gasteiger partial charge is 0.481 e. The zero-order valence-corrected chi connectivity index (χ0v) is 11.2. The quantitative estimate of drug-likeness (QED) is 0.666. The molecule has 0 saturated heterocycles. The molecule has 1 N–H and O–H groups in total. The maximum absolute atomic E-state index is 12.5. The number of benzene rings is 1. The third kappa shape index (κ3) is 4.36. The van der Waals surface area contributed by atoms with Crippen LogP contribution in [-0.4, -0.2) is 23.0 Å². The maximum atomic E-state index is 12.5. The standard InChI is InChI=1S/C12H7ClF6O3/c13-8-4-5(1-2-7(8)11(14,15)16)3-6(10(21)22)9(20)12(17,18)19/h1-2,4,6H,3H2,(H,21,22). The molecule has 0 aromatic heterocycles. The van der Waals surface area contributed by atoms with Crippen LogP contribution in [0.4, 0.5) is 26.3 Å². The molecule has 1 rings (SSSR count). The number of halogens is 7. The topological polar surface area (TPSA) is 54.4 Å². The second-order valence-electron chi connectivity index (χ2n) is 4.27. The summed E-state index contributed by atoms with van der Waals surface area (Å²) in [6.07, 6.45) is -11.0. The molecule has 0 heterocycles. The van der Waals surface area contributed by atoms with Crippen molar-refractivity contribution in [3.63, 3.8) is 0 Å². The van der Waals surface area contributed by atoms with E-state index in [1.807, 2.05) is 0 Å². The fourth-order valence-electron chi connectivity index (χ4n) is 1.64. The Bertz CT molecular complexity index is 594. The van der Waals surface area contributed by atoms with Crippen molar-refractivity contribution in [3.8, 4) is 0 Å². The molecule has 0 spiro atoms. The van der Waals surface area contributed by atoms with E-state index in [2.05, 4.69) is 0 Å². The highest BCUT2D eigenvalue weighted by atomic mass is 35.5. The Labute approximate surface area is 124 Å². The molecule has 0 aliphatic carbocycles. The highest BCUT2D eigenvalue weighted by Gasteiger charge is 2.46. The van der Waals surface area contributed by atoms with Crippen molar-refractivity contribution in [3.05, 3.63) is 34.3 Å². The summed E-state index contributed by atoms with van der Waals surface area (Å²) in [5.74, 6) is -6.97. The lowest BCUT2D eigenvalue weighted by atomic mass is 9.94. The predicted molar refractivity (Wildman–Crippen MR) is 62.3 cm³/mol. The Morgan fingerprint density at radius 3 is 2.05 bits per heavy atom. The van der Waals surface area contributed by atoms with Crippen LogP contribution in [0.1, 0.15) is 11.1 Å². The van der Waals surface area contributed by atoms with Gasteiger partial charge in [-0.1, -0.05) is 17.7 Å². The van der Waals surface area contributed by atoms with Gasteiger partial charge in [-0.25, -0.2) is 0 Å². The molecule has 0 aliphatic heterocycles. The van der Waals surface area contributed by atoms with E-state index in [1.54, 1.807) is 0 Å². The van der Waals surface area contributed by atoms with Gasteiger partial charge in [-0.15, -0.1) is 0 Å². The van der Waals surface area contributed by atoms with Crippen LogP contribution in [0, 0.1) is 5.92 Å². The van der Waals surface area contributed by atoms with Crippen molar-refractivity contribution in [2.75, 3.05) is 0 Å². The van der Waals surface area contributed by atoms with Crippen LogP contribution in [0.2, 0.25) is 5.02 Å². The van der Waals surface area contributed by atoms with Gasteiger partial charge in [0.25, 0.3) is 5.78 Å². The van der Waals surface area contributed by atoms with E-state index in [1.165, 1.54) is 0 Å². The van der Waals surface area contributed by atoms with Gasteiger partial charge >= 0.3 is 18.3 Å². The van der Waals surface area contributed by atoms with E-state index >= 15 is 0 Å². The van der Waals surface area contributed by atoms with Gasteiger partial charge in [-0.2, -0.15) is 26.3 Å². The third-order valence-corrected chi connectivity index (χ3v) is 2.99. The number of alkyl halides is 6. The Morgan fingerprint density at radius 2 is 1.68 bits per heavy atom. The second-order valence-corrected chi connectivity index (χ2v) is 4.68. The van der Waals surface area contributed by atoms with Gasteiger partial charge in [0.05, 0.1) is 10.6 Å². The highest BCUT2D eigenvalue weighted by molar-refractivity contribution is 6.31. The molecule has 0 bridgehead atoms. The number of Topliss-reactive ketones (excluding diaryl/α,β-unsaturated/α-hetero) is 1. The van der Waals surface area contributed by atoms with Crippen LogP contribution in [0.5, 0.6) is 0 Å². The fourth-order valence-corrected chi connectivity index (χ4v) is 1.95. The van der Waals surface area contributed by atoms with Crippen LogP contribution in [0.3, 0.4) is 0 Å². The third-order valence-electron chi connectivity index (χ3n) is 2.67. The van der Waals surface area contributed by atoms with E-state index < -0.39 is 47.0 Å². The number of carboxylic acid groups (broad SMARTS) is 1. The lowest BCUT2D eigenvalue weighted by molar-refractivity contribution is -0.179. The number of carbonyl (C=O) groups excluding carboxylic acids is 1. The van der Waals surface area contributed by atoms with Gasteiger partial charge < -0.3 is 5.11 Å². The Kier molecular flexibility index (Phi) is 5.11. The van der Waals surface area contributed by atoms with Crippen molar-refractivity contribution >= 4 is 23.4 Å². The first kappa shape index (κ1) is 18.3. The fraction of sp³-hybridized carbons (Fsp3) is 0.333. The monoisotopic (exact) mass is 348 g/mol. The molecule has 0 aliphatic rings. The maximum Gasteiger partial charge on any atom is 0.450 e. The number of ketones is 1. The van der Waals surface area contributed by atoms with E-state index in [-0.39, 0.29) is 5.56 Å². The molecule has 0 amide bonds. The van der Waals surface area contributed by atoms with E-state index in [0.717, 1.165) is 6.07 Å². The van der Waals surface area contributed by atoms with Crippen molar-refractivity contribution in [2.45, 2.75) is 18.8 Å². The minimum Gasteiger partial charge on any atom is -0.481 e. The average Bonchev–Trinajstić information content (AvgIpc) is 2.32. The van der Waals surface area contributed by atoms with Gasteiger partial charge in [0, 0.05) is 0 Å².